The number of nitrogens with one attached hydrogen (secondary N) is 1. The van der Waals surface area contributed by atoms with Gasteiger partial charge in [0.1, 0.15) is 0 Å². The SMILES string of the molecule is COC(=O)N[C@]1(C)C[C@H](C(=O)N2CC[C@@]3(c4cccc(C)c4)C[C@H]3C2)C1. The van der Waals surface area contributed by atoms with Crippen molar-refractivity contribution in [1.29, 1.82) is 0 Å². The van der Waals surface area contributed by atoms with E-state index in [2.05, 4.69) is 46.1 Å². The second-order valence-electron chi connectivity index (χ2n) is 8.74. The molecule has 1 aromatic rings. The summed E-state index contributed by atoms with van der Waals surface area (Å²) in [7, 11) is 1.36. The van der Waals surface area contributed by atoms with Gasteiger partial charge in [-0.2, -0.15) is 0 Å². The summed E-state index contributed by atoms with van der Waals surface area (Å²) < 4.78 is 4.67. The molecule has 0 spiro atoms. The minimum Gasteiger partial charge on any atom is -0.453 e. The standard InChI is InChI=1S/C21H28N2O3/c1-14-5-4-6-16(9-14)21-7-8-23(13-17(21)12-21)18(24)15-10-20(2,11-15)22-19(25)26-3/h4-6,9,15,17H,7-8,10-13H2,1-3H3,(H,22,25)/t15-,17-,20+,21-/m0/s1. The number of hydrogen-bond acceptors (Lipinski definition) is 3. The number of amides is 2. The summed E-state index contributed by atoms with van der Waals surface area (Å²) in [6, 6.07) is 8.86. The van der Waals surface area contributed by atoms with Crippen molar-refractivity contribution in [3.8, 4) is 0 Å². The summed E-state index contributed by atoms with van der Waals surface area (Å²) in [6.07, 6.45) is 3.25. The van der Waals surface area contributed by atoms with E-state index in [-0.39, 0.29) is 17.4 Å². The Balaban J connectivity index is 1.34. The number of likely N-dealkylation sites (tertiary alicyclic amines) is 1. The zero-order valence-electron chi connectivity index (χ0n) is 15.9. The zero-order valence-corrected chi connectivity index (χ0v) is 15.9. The molecule has 2 atom stereocenters. The Labute approximate surface area is 155 Å². The van der Waals surface area contributed by atoms with Gasteiger partial charge < -0.3 is 15.0 Å². The molecule has 2 aliphatic carbocycles. The van der Waals surface area contributed by atoms with Crippen molar-refractivity contribution >= 4 is 12.0 Å². The molecular weight excluding hydrogens is 328 g/mol. The maximum atomic E-state index is 12.9. The van der Waals surface area contributed by atoms with E-state index in [0.717, 1.165) is 19.5 Å². The Kier molecular flexibility index (Phi) is 4.01. The van der Waals surface area contributed by atoms with Gasteiger partial charge >= 0.3 is 6.09 Å². The molecule has 0 radical (unpaired) electrons. The van der Waals surface area contributed by atoms with Crippen LogP contribution in [0, 0.1) is 18.8 Å². The molecule has 0 unspecified atom stereocenters. The molecule has 1 N–H and O–H groups in total. The third-order valence-corrected chi connectivity index (χ3v) is 6.74. The lowest BCUT2D eigenvalue weighted by molar-refractivity contribution is -0.142. The first kappa shape index (κ1) is 17.4. The quantitative estimate of drug-likeness (QED) is 0.906. The van der Waals surface area contributed by atoms with Gasteiger partial charge in [0.25, 0.3) is 0 Å². The topological polar surface area (TPSA) is 58.6 Å². The molecule has 1 aromatic carbocycles. The van der Waals surface area contributed by atoms with Gasteiger partial charge in [-0.3, -0.25) is 4.79 Å². The number of ether oxygens (including phenoxy) is 1. The summed E-state index contributed by atoms with van der Waals surface area (Å²) in [5, 5.41) is 2.85. The van der Waals surface area contributed by atoms with Crippen molar-refractivity contribution in [1.82, 2.24) is 10.2 Å². The van der Waals surface area contributed by atoms with Gasteiger partial charge in [0.15, 0.2) is 0 Å². The number of rotatable bonds is 3. The van der Waals surface area contributed by atoms with Crippen LogP contribution in [0.1, 0.15) is 43.7 Å². The number of aryl methyl sites for hydroxylation is 1. The molecule has 4 rings (SSSR count). The summed E-state index contributed by atoms with van der Waals surface area (Å²) >= 11 is 0. The summed E-state index contributed by atoms with van der Waals surface area (Å²) in [5.74, 6) is 0.892. The van der Waals surface area contributed by atoms with Gasteiger partial charge in [-0.25, -0.2) is 4.79 Å². The minimum absolute atomic E-state index is 0.0300. The van der Waals surface area contributed by atoms with Crippen LogP contribution >= 0.6 is 0 Å². The van der Waals surface area contributed by atoms with Crippen molar-refractivity contribution in [2.75, 3.05) is 20.2 Å². The Morgan fingerprint density at radius 1 is 1.27 bits per heavy atom. The van der Waals surface area contributed by atoms with E-state index in [4.69, 9.17) is 0 Å². The van der Waals surface area contributed by atoms with Crippen LogP contribution in [-0.2, 0) is 14.9 Å². The first-order valence-corrected chi connectivity index (χ1v) is 9.57. The molecule has 3 fully saturated rings. The second kappa shape index (κ2) is 6.00. The van der Waals surface area contributed by atoms with Gasteiger partial charge in [-0.1, -0.05) is 29.8 Å². The van der Waals surface area contributed by atoms with Crippen LogP contribution in [0.15, 0.2) is 24.3 Å². The van der Waals surface area contributed by atoms with Crippen LogP contribution in [-0.4, -0.2) is 42.6 Å². The lowest BCUT2D eigenvalue weighted by Gasteiger charge is -2.46. The normalized spacial score (nSPS) is 35.1. The minimum atomic E-state index is -0.419. The number of alkyl carbamates (subject to hydrolysis) is 1. The highest BCUT2D eigenvalue weighted by Gasteiger charge is 2.58. The van der Waals surface area contributed by atoms with Crippen LogP contribution in [0.3, 0.4) is 0 Å². The Morgan fingerprint density at radius 2 is 2.04 bits per heavy atom. The molecule has 2 amide bonds. The van der Waals surface area contributed by atoms with Crippen molar-refractivity contribution < 1.29 is 14.3 Å². The summed E-state index contributed by atoms with van der Waals surface area (Å²) in [5.41, 5.74) is 2.76. The predicted octanol–water partition coefficient (Wildman–Crippen LogP) is 3.01. The smallest absolute Gasteiger partial charge is 0.407 e. The number of hydrogen-bond donors (Lipinski definition) is 1. The van der Waals surface area contributed by atoms with E-state index in [1.165, 1.54) is 24.7 Å². The molecule has 3 aliphatic rings. The maximum absolute atomic E-state index is 12.9. The van der Waals surface area contributed by atoms with Gasteiger partial charge in [-0.15, -0.1) is 0 Å². The van der Waals surface area contributed by atoms with Crippen molar-refractivity contribution in [3.05, 3.63) is 35.4 Å². The first-order chi connectivity index (χ1) is 12.3. The lowest BCUT2D eigenvalue weighted by Crippen LogP contribution is -2.59. The summed E-state index contributed by atoms with van der Waals surface area (Å²) in [6.45, 7) is 5.85. The first-order valence-electron chi connectivity index (χ1n) is 9.57. The number of nitrogens with zero attached hydrogens (tertiary/aromatic N) is 1. The van der Waals surface area contributed by atoms with Gasteiger partial charge in [-0.05, 0) is 51.0 Å². The van der Waals surface area contributed by atoms with E-state index >= 15 is 0 Å². The molecule has 26 heavy (non-hydrogen) atoms. The Hall–Kier alpha value is -2.04. The maximum Gasteiger partial charge on any atom is 0.407 e. The Bertz CT molecular complexity index is 741. The van der Waals surface area contributed by atoms with Crippen molar-refractivity contribution in [2.24, 2.45) is 11.8 Å². The zero-order chi connectivity index (χ0) is 18.5. The van der Waals surface area contributed by atoms with Crippen LogP contribution in [0.5, 0.6) is 0 Å². The Morgan fingerprint density at radius 3 is 2.69 bits per heavy atom. The van der Waals surface area contributed by atoms with Crippen LogP contribution in [0.2, 0.25) is 0 Å². The van der Waals surface area contributed by atoms with E-state index in [1.54, 1.807) is 0 Å². The number of carbonyl (C=O) groups is 2. The van der Waals surface area contributed by atoms with E-state index in [1.807, 2.05) is 6.92 Å². The van der Waals surface area contributed by atoms with Gasteiger partial charge in [0.2, 0.25) is 5.91 Å². The van der Waals surface area contributed by atoms with Crippen LogP contribution in [0.4, 0.5) is 4.79 Å². The highest BCUT2D eigenvalue weighted by atomic mass is 16.5. The van der Waals surface area contributed by atoms with Crippen LogP contribution in [0.25, 0.3) is 0 Å². The van der Waals surface area contributed by atoms with Crippen LogP contribution < -0.4 is 5.32 Å². The molecular formula is C21H28N2O3. The molecule has 1 saturated heterocycles. The molecule has 5 heteroatoms. The lowest BCUT2D eigenvalue weighted by atomic mass is 9.68. The van der Waals surface area contributed by atoms with E-state index in [0.29, 0.717) is 24.2 Å². The van der Waals surface area contributed by atoms with Crippen molar-refractivity contribution in [2.45, 2.75) is 50.5 Å². The van der Waals surface area contributed by atoms with Gasteiger partial charge in [0, 0.05) is 30.0 Å². The molecule has 1 aliphatic heterocycles. The second-order valence-corrected chi connectivity index (χ2v) is 8.74. The highest BCUT2D eigenvalue weighted by molar-refractivity contribution is 5.81. The molecule has 140 valence electrons. The summed E-state index contributed by atoms with van der Waals surface area (Å²) in [4.78, 5) is 26.3. The molecule has 0 bridgehead atoms. The number of carbonyl (C=O) groups excluding carboxylic acids is 2. The molecule has 2 saturated carbocycles. The fraction of sp³-hybridized carbons (Fsp3) is 0.619. The molecule has 5 nitrogen and oxygen atoms in total. The fourth-order valence-electron chi connectivity index (χ4n) is 5.13. The average molecular weight is 356 g/mol. The number of methoxy groups -OCH3 is 1. The van der Waals surface area contributed by atoms with E-state index in [9.17, 15) is 9.59 Å². The number of benzene rings is 1. The number of fused-ring (bicyclic) bond motifs is 1. The highest BCUT2D eigenvalue weighted by Crippen LogP contribution is 2.59. The fourth-order valence-corrected chi connectivity index (χ4v) is 5.13. The predicted molar refractivity (Wildman–Crippen MR) is 98.8 cm³/mol. The molecule has 1 heterocycles. The van der Waals surface area contributed by atoms with Gasteiger partial charge in [0.05, 0.1) is 7.11 Å². The number of piperidine rings is 1. The molecule has 0 aromatic heterocycles. The largest absolute Gasteiger partial charge is 0.453 e. The van der Waals surface area contributed by atoms with E-state index < -0.39 is 6.09 Å². The third-order valence-electron chi connectivity index (χ3n) is 6.74. The van der Waals surface area contributed by atoms with Crippen molar-refractivity contribution in [3.63, 3.8) is 0 Å². The third kappa shape index (κ3) is 2.87. The monoisotopic (exact) mass is 356 g/mol. The average Bonchev–Trinajstić information content (AvgIpc) is 3.33.